The average Bonchev–Trinajstić information content (AvgIpc) is 2.61. The minimum atomic E-state index is -0.389. The second-order valence-electron chi connectivity index (χ2n) is 8.06. The summed E-state index contributed by atoms with van der Waals surface area (Å²) in [6.45, 7) is 0.478. The lowest BCUT2D eigenvalue weighted by Crippen LogP contribution is -2.42. The minimum absolute atomic E-state index is 0.0419. The summed E-state index contributed by atoms with van der Waals surface area (Å²) in [6.07, 6.45) is 9.51. The molecule has 1 aromatic carbocycles. The van der Waals surface area contributed by atoms with Crippen LogP contribution in [0.25, 0.3) is 0 Å². The molecule has 0 spiro atoms. The van der Waals surface area contributed by atoms with Crippen LogP contribution < -0.4 is 5.32 Å². The molecule has 2 aliphatic carbocycles. The largest absolute Gasteiger partial charge is 0.459 e. The SMILES string of the molecule is O=C(NC1CCC1)C1=C[C@H](C2CCC2)C[C@H](OCc2ccc(CO)cc2)O1. The molecule has 1 aliphatic heterocycles. The van der Waals surface area contributed by atoms with Crippen LogP contribution in [0.2, 0.25) is 0 Å². The third-order valence-electron chi connectivity index (χ3n) is 6.15. The van der Waals surface area contributed by atoms with E-state index in [0.717, 1.165) is 30.4 Å². The van der Waals surface area contributed by atoms with Crippen LogP contribution in [0.4, 0.5) is 0 Å². The Morgan fingerprint density at radius 2 is 1.81 bits per heavy atom. The van der Waals surface area contributed by atoms with Crippen LogP contribution in [0.15, 0.2) is 36.1 Å². The topological polar surface area (TPSA) is 67.8 Å². The van der Waals surface area contributed by atoms with E-state index in [1.54, 1.807) is 0 Å². The molecule has 0 saturated heterocycles. The standard InChI is InChI=1S/C22H29NO4/c24-13-15-7-9-16(10-8-15)14-26-21-12-18(17-3-1-4-17)11-20(27-21)22(25)23-19-5-2-6-19/h7-11,17-19,21,24H,1-6,12-14H2,(H,23,25)/t18-,21+/m0/s1. The zero-order chi connectivity index (χ0) is 18.6. The summed E-state index contributed by atoms with van der Waals surface area (Å²) < 4.78 is 11.9. The Hall–Kier alpha value is -1.85. The number of rotatable bonds is 7. The van der Waals surface area contributed by atoms with E-state index in [0.29, 0.717) is 30.2 Å². The monoisotopic (exact) mass is 371 g/mol. The fraction of sp³-hybridized carbons (Fsp3) is 0.591. The van der Waals surface area contributed by atoms with Gasteiger partial charge in [-0.1, -0.05) is 30.7 Å². The number of benzene rings is 1. The van der Waals surface area contributed by atoms with E-state index in [4.69, 9.17) is 14.6 Å². The fourth-order valence-corrected chi connectivity index (χ4v) is 3.88. The predicted molar refractivity (Wildman–Crippen MR) is 101 cm³/mol. The van der Waals surface area contributed by atoms with E-state index in [-0.39, 0.29) is 18.8 Å². The molecule has 1 heterocycles. The minimum Gasteiger partial charge on any atom is -0.459 e. The molecular weight excluding hydrogens is 342 g/mol. The number of ether oxygens (including phenoxy) is 2. The molecule has 1 amide bonds. The Morgan fingerprint density at radius 3 is 2.41 bits per heavy atom. The lowest BCUT2D eigenvalue weighted by Gasteiger charge is -2.37. The Bertz CT molecular complexity index is 676. The molecule has 5 nitrogen and oxygen atoms in total. The van der Waals surface area contributed by atoms with Crippen molar-refractivity contribution in [3.05, 3.63) is 47.2 Å². The summed E-state index contributed by atoms with van der Waals surface area (Å²) in [5.41, 5.74) is 1.92. The van der Waals surface area contributed by atoms with E-state index in [2.05, 4.69) is 5.32 Å². The van der Waals surface area contributed by atoms with Crippen molar-refractivity contribution in [2.45, 2.75) is 70.5 Å². The van der Waals surface area contributed by atoms with Crippen LogP contribution in [-0.2, 0) is 27.5 Å². The Kier molecular flexibility index (Phi) is 5.79. The van der Waals surface area contributed by atoms with E-state index < -0.39 is 0 Å². The van der Waals surface area contributed by atoms with Gasteiger partial charge in [-0.2, -0.15) is 0 Å². The number of carbonyl (C=O) groups is 1. The molecule has 0 bridgehead atoms. The molecule has 3 aliphatic rings. The first-order chi connectivity index (χ1) is 13.2. The van der Waals surface area contributed by atoms with Crippen molar-refractivity contribution in [1.29, 1.82) is 0 Å². The van der Waals surface area contributed by atoms with Gasteiger partial charge in [0.1, 0.15) is 0 Å². The number of allylic oxidation sites excluding steroid dienone is 1. The highest BCUT2D eigenvalue weighted by atomic mass is 16.7. The highest BCUT2D eigenvalue weighted by molar-refractivity contribution is 5.91. The normalized spacial score (nSPS) is 25.7. The van der Waals surface area contributed by atoms with Crippen LogP contribution >= 0.6 is 0 Å². The van der Waals surface area contributed by atoms with Gasteiger partial charge in [0.25, 0.3) is 5.91 Å². The Labute approximate surface area is 160 Å². The highest BCUT2D eigenvalue weighted by Crippen LogP contribution is 2.40. The van der Waals surface area contributed by atoms with Gasteiger partial charge in [-0.15, -0.1) is 0 Å². The molecule has 0 aromatic heterocycles. The number of amides is 1. The van der Waals surface area contributed by atoms with Crippen LogP contribution in [0, 0.1) is 11.8 Å². The summed E-state index contributed by atoms with van der Waals surface area (Å²) in [5.74, 6) is 1.35. The predicted octanol–water partition coefficient (Wildman–Crippen LogP) is 3.41. The fourth-order valence-electron chi connectivity index (χ4n) is 3.88. The molecule has 0 radical (unpaired) electrons. The van der Waals surface area contributed by atoms with Gasteiger partial charge in [-0.05, 0) is 61.1 Å². The van der Waals surface area contributed by atoms with E-state index in [1.807, 2.05) is 30.3 Å². The molecule has 2 fully saturated rings. The number of hydrogen-bond donors (Lipinski definition) is 2. The maximum Gasteiger partial charge on any atom is 0.286 e. The van der Waals surface area contributed by atoms with Crippen molar-refractivity contribution in [3.63, 3.8) is 0 Å². The summed E-state index contributed by atoms with van der Waals surface area (Å²) in [5, 5.41) is 12.2. The summed E-state index contributed by atoms with van der Waals surface area (Å²) in [4.78, 5) is 12.6. The second-order valence-corrected chi connectivity index (χ2v) is 8.06. The van der Waals surface area contributed by atoms with Gasteiger partial charge in [0.15, 0.2) is 5.76 Å². The number of nitrogens with one attached hydrogen (secondary N) is 1. The highest BCUT2D eigenvalue weighted by Gasteiger charge is 2.35. The van der Waals surface area contributed by atoms with Gasteiger partial charge in [0, 0.05) is 12.5 Å². The molecule has 146 valence electrons. The van der Waals surface area contributed by atoms with E-state index in [9.17, 15) is 4.79 Å². The lowest BCUT2D eigenvalue weighted by molar-refractivity contribution is -0.157. The number of hydrogen-bond acceptors (Lipinski definition) is 4. The van der Waals surface area contributed by atoms with Crippen molar-refractivity contribution in [2.24, 2.45) is 11.8 Å². The Balaban J connectivity index is 1.37. The van der Waals surface area contributed by atoms with Gasteiger partial charge in [0.2, 0.25) is 6.29 Å². The summed E-state index contributed by atoms with van der Waals surface area (Å²) >= 11 is 0. The molecule has 5 heteroatoms. The smallest absolute Gasteiger partial charge is 0.286 e. The maximum atomic E-state index is 12.6. The van der Waals surface area contributed by atoms with Gasteiger partial charge >= 0.3 is 0 Å². The molecule has 2 saturated carbocycles. The first kappa shape index (κ1) is 18.5. The van der Waals surface area contributed by atoms with Crippen LogP contribution in [0.1, 0.15) is 56.1 Å². The quantitative estimate of drug-likeness (QED) is 0.771. The molecule has 0 unspecified atom stereocenters. The molecule has 4 rings (SSSR count). The van der Waals surface area contributed by atoms with Gasteiger partial charge in [-0.25, -0.2) is 0 Å². The third kappa shape index (κ3) is 4.53. The lowest BCUT2D eigenvalue weighted by atomic mass is 9.73. The number of aliphatic hydroxyl groups is 1. The Morgan fingerprint density at radius 1 is 1.11 bits per heavy atom. The number of carbonyl (C=O) groups excluding carboxylic acids is 1. The maximum absolute atomic E-state index is 12.6. The molecular formula is C22H29NO4. The molecule has 1 aromatic rings. The molecule has 2 N–H and O–H groups in total. The van der Waals surface area contributed by atoms with Gasteiger partial charge in [0.05, 0.1) is 13.2 Å². The van der Waals surface area contributed by atoms with Crippen molar-refractivity contribution in [2.75, 3.05) is 0 Å². The van der Waals surface area contributed by atoms with Gasteiger partial charge < -0.3 is 19.9 Å². The molecule has 2 atom stereocenters. The average molecular weight is 371 g/mol. The zero-order valence-electron chi connectivity index (χ0n) is 15.7. The summed E-state index contributed by atoms with van der Waals surface area (Å²) in [7, 11) is 0. The van der Waals surface area contributed by atoms with Gasteiger partial charge in [-0.3, -0.25) is 4.79 Å². The van der Waals surface area contributed by atoms with Crippen LogP contribution in [0.5, 0.6) is 0 Å². The van der Waals surface area contributed by atoms with Crippen molar-refractivity contribution >= 4 is 5.91 Å². The second kappa shape index (κ2) is 8.44. The first-order valence-electron chi connectivity index (χ1n) is 10.2. The van der Waals surface area contributed by atoms with Crippen molar-refractivity contribution in [1.82, 2.24) is 5.32 Å². The van der Waals surface area contributed by atoms with Crippen molar-refractivity contribution < 1.29 is 19.4 Å². The van der Waals surface area contributed by atoms with Crippen molar-refractivity contribution in [3.8, 4) is 0 Å². The van der Waals surface area contributed by atoms with Crippen LogP contribution in [0.3, 0.4) is 0 Å². The zero-order valence-corrected chi connectivity index (χ0v) is 15.7. The first-order valence-corrected chi connectivity index (χ1v) is 10.2. The third-order valence-corrected chi connectivity index (χ3v) is 6.15. The van der Waals surface area contributed by atoms with Crippen LogP contribution in [-0.4, -0.2) is 23.3 Å². The summed E-state index contributed by atoms with van der Waals surface area (Å²) in [6, 6.07) is 8.01. The number of aliphatic hydroxyl groups excluding tert-OH is 1. The van der Waals surface area contributed by atoms with E-state index >= 15 is 0 Å². The van der Waals surface area contributed by atoms with E-state index in [1.165, 1.54) is 25.7 Å². The molecule has 27 heavy (non-hydrogen) atoms.